The van der Waals surface area contributed by atoms with Crippen molar-refractivity contribution in [3.63, 3.8) is 0 Å². The minimum absolute atomic E-state index is 0.0134. The average molecular weight is 393 g/mol. The van der Waals surface area contributed by atoms with E-state index in [1.165, 1.54) is 19.2 Å². The first-order valence-electron chi connectivity index (χ1n) is 8.88. The first kappa shape index (κ1) is 19.6. The van der Waals surface area contributed by atoms with Gasteiger partial charge in [-0.2, -0.15) is 0 Å². The van der Waals surface area contributed by atoms with E-state index in [4.69, 9.17) is 9.47 Å². The molecule has 1 fully saturated rings. The lowest BCUT2D eigenvalue weighted by molar-refractivity contribution is 0.385. The van der Waals surface area contributed by atoms with Gasteiger partial charge in [0, 0.05) is 12.0 Å². The van der Waals surface area contributed by atoms with Crippen molar-refractivity contribution >= 4 is 10.0 Å². The summed E-state index contributed by atoms with van der Waals surface area (Å²) in [6.45, 7) is 0.273. The van der Waals surface area contributed by atoms with E-state index < -0.39 is 15.8 Å². The van der Waals surface area contributed by atoms with Gasteiger partial charge in [0.05, 0.1) is 19.1 Å². The number of sulfonamides is 1. The maximum Gasteiger partial charge on any atom is 0.240 e. The summed E-state index contributed by atoms with van der Waals surface area (Å²) in [4.78, 5) is -0.108. The topological polar surface area (TPSA) is 64.6 Å². The van der Waals surface area contributed by atoms with Crippen molar-refractivity contribution in [1.29, 1.82) is 0 Å². The summed E-state index contributed by atoms with van der Waals surface area (Å²) >= 11 is 0. The van der Waals surface area contributed by atoms with E-state index in [-0.39, 0.29) is 22.6 Å². The predicted octanol–water partition coefficient (Wildman–Crippen LogP) is 3.63. The molecule has 1 saturated carbocycles. The van der Waals surface area contributed by atoms with Gasteiger partial charge >= 0.3 is 0 Å². The van der Waals surface area contributed by atoms with Gasteiger partial charge in [-0.3, -0.25) is 0 Å². The van der Waals surface area contributed by atoms with Gasteiger partial charge in [-0.1, -0.05) is 25.0 Å². The van der Waals surface area contributed by atoms with Gasteiger partial charge in [0.15, 0.2) is 11.6 Å². The zero-order chi connectivity index (χ0) is 19.5. The third-order valence-corrected chi connectivity index (χ3v) is 6.70. The average Bonchev–Trinajstić information content (AvgIpc) is 3.17. The number of halogens is 1. The van der Waals surface area contributed by atoms with Crippen LogP contribution in [0.15, 0.2) is 47.4 Å². The molecule has 7 heteroatoms. The van der Waals surface area contributed by atoms with E-state index >= 15 is 0 Å². The molecule has 0 saturated heterocycles. The van der Waals surface area contributed by atoms with Crippen molar-refractivity contribution in [2.75, 3.05) is 20.8 Å². The summed E-state index contributed by atoms with van der Waals surface area (Å²) in [5, 5.41) is 0. The molecular formula is C20H24FNO4S. The van der Waals surface area contributed by atoms with Crippen LogP contribution in [0, 0.1) is 5.82 Å². The van der Waals surface area contributed by atoms with Gasteiger partial charge in [-0.15, -0.1) is 0 Å². The van der Waals surface area contributed by atoms with E-state index in [0.717, 1.165) is 43.1 Å². The Balaban J connectivity index is 1.82. The molecule has 3 rings (SSSR count). The van der Waals surface area contributed by atoms with Gasteiger partial charge in [-0.25, -0.2) is 17.5 Å². The van der Waals surface area contributed by atoms with Crippen LogP contribution in [-0.4, -0.2) is 29.2 Å². The number of methoxy groups -OCH3 is 2. The fraction of sp³-hybridized carbons (Fsp3) is 0.400. The van der Waals surface area contributed by atoms with Crippen LogP contribution in [0.3, 0.4) is 0 Å². The lowest BCUT2D eigenvalue weighted by Crippen LogP contribution is -2.39. The Bertz CT molecular complexity index is 891. The first-order valence-corrected chi connectivity index (χ1v) is 10.4. The maximum absolute atomic E-state index is 13.9. The van der Waals surface area contributed by atoms with Crippen LogP contribution in [0.4, 0.5) is 4.39 Å². The molecule has 0 heterocycles. The molecule has 0 amide bonds. The lowest BCUT2D eigenvalue weighted by Gasteiger charge is -2.30. The molecule has 2 aromatic carbocycles. The van der Waals surface area contributed by atoms with E-state index in [2.05, 4.69) is 4.72 Å². The Morgan fingerprint density at radius 3 is 2.26 bits per heavy atom. The summed E-state index contributed by atoms with van der Waals surface area (Å²) in [6, 6.07) is 11.4. The van der Waals surface area contributed by atoms with E-state index in [0.29, 0.717) is 0 Å². The van der Waals surface area contributed by atoms with Crippen LogP contribution in [0.1, 0.15) is 31.2 Å². The van der Waals surface area contributed by atoms with E-state index in [1.54, 1.807) is 7.11 Å². The van der Waals surface area contributed by atoms with Gasteiger partial charge in [-0.05, 0) is 48.7 Å². The van der Waals surface area contributed by atoms with Crippen molar-refractivity contribution in [3.05, 3.63) is 53.8 Å². The first-order chi connectivity index (χ1) is 12.9. The maximum atomic E-state index is 13.9. The summed E-state index contributed by atoms with van der Waals surface area (Å²) in [7, 11) is -0.874. The highest BCUT2D eigenvalue weighted by molar-refractivity contribution is 7.89. The zero-order valence-electron chi connectivity index (χ0n) is 15.5. The molecule has 0 bridgehead atoms. The van der Waals surface area contributed by atoms with Crippen molar-refractivity contribution in [2.45, 2.75) is 36.0 Å². The number of benzene rings is 2. The highest BCUT2D eigenvalue weighted by Crippen LogP contribution is 2.41. The highest BCUT2D eigenvalue weighted by atomic mass is 32.2. The molecular weight excluding hydrogens is 369 g/mol. The second kappa shape index (κ2) is 7.86. The standard InChI is InChI=1S/C20H24FNO4S/c1-25-16-7-5-15(6-8-16)20(11-3-4-12-20)14-22-27(23,24)17-9-10-19(26-2)18(21)13-17/h5-10,13,22H,3-4,11-12,14H2,1-2H3. The Morgan fingerprint density at radius 2 is 1.70 bits per heavy atom. The molecule has 27 heavy (non-hydrogen) atoms. The number of hydrogen-bond donors (Lipinski definition) is 1. The minimum atomic E-state index is -3.82. The number of nitrogens with one attached hydrogen (secondary N) is 1. The van der Waals surface area contributed by atoms with Gasteiger partial charge in [0.2, 0.25) is 10.0 Å². The van der Waals surface area contributed by atoms with Crippen LogP contribution >= 0.6 is 0 Å². The number of hydrogen-bond acceptors (Lipinski definition) is 4. The quantitative estimate of drug-likeness (QED) is 0.780. The van der Waals surface area contributed by atoms with Crippen molar-refractivity contribution in [3.8, 4) is 11.5 Å². The molecule has 1 N–H and O–H groups in total. The monoisotopic (exact) mass is 393 g/mol. The molecule has 0 unspecified atom stereocenters. The number of ether oxygens (including phenoxy) is 2. The molecule has 0 aliphatic heterocycles. The minimum Gasteiger partial charge on any atom is -0.497 e. The van der Waals surface area contributed by atoms with Gasteiger partial charge in [0.1, 0.15) is 5.75 Å². The Morgan fingerprint density at radius 1 is 1.04 bits per heavy atom. The molecule has 2 aromatic rings. The molecule has 0 aromatic heterocycles. The molecule has 0 radical (unpaired) electrons. The number of rotatable bonds is 7. The second-order valence-electron chi connectivity index (χ2n) is 6.84. The van der Waals surface area contributed by atoms with Gasteiger partial charge < -0.3 is 9.47 Å². The molecule has 1 aliphatic carbocycles. The fourth-order valence-electron chi connectivity index (χ4n) is 3.69. The molecule has 5 nitrogen and oxygen atoms in total. The SMILES string of the molecule is COc1ccc(C2(CNS(=O)(=O)c3ccc(OC)c(F)c3)CCCC2)cc1. The lowest BCUT2D eigenvalue weighted by atomic mass is 9.79. The highest BCUT2D eigenvalue weighted by Gasteiger charge is 2.36. The Kier molecular flexibility index (Phi) is 5.72. The second-order valence-corrected chi connectivity index (χ2v) is 8.60. The smallest absolute Gasteiger partial charge is 0.240 e. The molecule has 146 valence electrons. The summed E-state index contributed by atoms with van der Waals surface area (Å²) in [5.41, 5.74) is 0.828. The molecule has 0 spiro atoms. The summed E-state index contributed by atoms with van der Waals surface area (Å²) < 4.78 is 52.0. The fourth-order valence-corrected chi connectivity index (χ4v) is 4.83. The van der Waals surface area contributed by atoms with Crippen molar-refractivity contribution in [2.24, 2.45) is 0 Å². The largest absolute Gasteiger partial charge is 0.497 e. The Labute approximate surface area is 159 Å². The normalized spacial score (nSPS) is 16.3. The molecule has 0 atom stereocenters. The van der Waals surface area contributed by atoms with Crippen LogP contribution in [0.5, 0.6) is 11.5 Å². The van der Waals surface area contributed by atoms with Crippen LogP contribution in [-0.2, 0) is 15.4 Å². The molecule has 1 aliphatic rings. The van der Waals surface area contributed by atoms with Crippen molar-refractivity contribution in [1.82, 2.24) is 4.72 Å². The predicted molar refractivity (Wildman–Crippen MR) is 101 cm³/mol. The van der Waals surface area contributed by atoms with E-state index in [1.807, 2.05) is 24.3 Å². The third kappa shape index (κ3) is 4.09. The van der Waals surface area contributed by atoms with Crippen LogP contribution in [0.25, 0.3) is 0 Å². The zero-order valence-corrected chi connectivity index (χ0v) is 16.3. The third-order valence-electron chi connectivity index (χ3n) is 5.30. The summed E-state index contributed by atoms with van der Waals surface area (Å²) in [6.07, 6.45) is 3.90. The Hall–Kier alpha value is -2.12. The summed E-state index contributed by atoms with van der Waals surface area (Å²) in [5.74, 6) is 0.0757. The van der Waals surface area contributed by atoms with Crippen LogP contribution in [0.2, 0.25) is 0 Å². The van der Waals surface area contributed by atoms with Crippen LogP contribution < -0.4 is 14.2 Å². The van der Waals surface area contributed by atoms with Gasteiger partial charge in [0.25, 0.3) is 0 Å². The van der Waals surface area contributed by atoms with E-state index in [9.17, 15) is 12.8 Å². The van der Waals surface area contributed by atoms with Crippen molar-refractivity contribution < 1.29 is 22.3 Å².